The summed E-state index contributed by atoms with van der Waals surface area (Å²) in [5.74, 6) is -8.17. The first-order valence-corrected chi connectivity index (χ1v) is 25.4. The lowest BCUT2D eigenvalue weighted by molar-refractivity contribution is -0.369. The predicted molar refractivity (Wildman–Crippen MR) is 265 cm³/mol. The molecule has 0 saturated carbocycles. The van der Waals surface area contributed by atoms with Gasteiger partial charge in [0.15, 0.2) is 59.7 Å². The highest BCUT2D eigenvalue weighted by atomic mass is 16.8. The monoisotopic (exact) mass is 1170 g/mol. The van der Waals surface area contributed by atoms with Crippen molar-refractivity contribution < 1.29 is 139 Å². The van der Waals surface area contributed by atoms with Gasteiger partial charge in [-0.25, -0.2) is 0 Å². The fourth-order valence-electron chi connectivity index (χ4n) is 8.86. The third-order valence-electron chi connectivity index (χ3n) is 13.2. The Bertz CT molecular complexity index is 1970. The van der Waals surface area contributed by atoms with Crippen molar-refractivity contribution >= 4 is 0 Å². The van der Waals surface area contributed by atoms with E-state index >= 15 is 0 Å². The van der Waals surface area contributed by atoms with Crippen LogP contribution >= 0.6 is 0 Å². The van der Waals surface area contributed by atoms with Gasteiger partial charge in [-0.15, -0.1) is 6.58 Å². The number of aliphatic hydroxyl groups excluding tert-OH is 17. The molecule has 8 aliphatic heterocycles. The lowest BCUT2D eigenvalue weighted by atomic mass is 9.96. The van der Waals surface area contributed by atoms with Gasteiger partial charge in [-0.1, -0.05) is 6.08 Å². The van der Waals surface area contributed by atoms with E-state index in [0.29, 0.717) is 0 Å². The molecule has 6 bridgehead atoms. The Balaban J connectivity index is 1.81. The Morgan fingerprint density at radius 2 is 0.725 bits per heavy atom. The second-order valence-electron chi connectivity index (χ2n) is 18.8. The summed E-state index contributed by atoms with van der Waals surface area (Å²) in [6.07, 6.45) is -50.4. The smallest absolute Gasteiger partial charge is 0.218 e. The average molecular weight is 1170 g/mol. The summed E-state index contributed by atoms with van der Waals surface area (Å²) in [5, 5.41) is 190. The molecular formula is C45H83N7O28. The Hall–Kier alpha value is -3.40. The van der Waals surface area contributed by atoms with Crippen LogP contribution in [-0.4, -0.2) is 293 Å². The maximum Gasteiger partial charge on any atom is 0.218 e. The number of fused-ring (bicyclic) bond motifs is 1. The van der Waals surface area contributed by atoms with Crippen LogP contribution in [0.2, 0.25) is 0 Å². The van der Waals surface area contributed by atoms with E-state index < -0.39 is 227 Å². The Kier molecular flexibility index (Phi) is 28.2. The van der Waals surface area contributed by atoms with Crippen molar-refractivity contribution in [1.29, 1.82) is 0 Å². The maximum atomic E-state index is 11.8. The lowest BCUT2D eigenvalue weighted by Crippen LogP contribution is -2.66. The molecular weight excluding hydrogens is 1090 g/mol. The summed E-state index contributed by atoms with van der Waals surface area (Å²) in [7, 11) is 0. The molecule has 0 aromatic carbocycles. The van der Waals surface area contributed by atoms with Crippen LogP contribution in [0.4, 0.5) is 0 Å². The molecule has 8 rings (SSSR count). The zero-order valence-electron chi connectivity index (χ0n) is 43.3. The molecule has 35 heteroatoms. The first-order valence-electron chi connectivity index (χ1n) is 25.4. The van der Waals surface area contributed by atoms with Gasteiger partial charge in [-0.2, -0.15) is 0 Å². The molecule has 8 aliphatic rings. The van der Waals surface area contributed by atoms with Crippen LogP contribution in [0.1, 0.15) is 25.7 Å². The average Bonchev–Trinajstić information content (AvgIpc) is 3.46. The zero-order chi connectivity index (χ0) is 59.9. The number of hydrogen-bond donors (Lipinski definition) is 24. The molecule has 25 unspecified atom stereocenters. The van der Waals surface area contributed by atoms with E-state index in [0.717, 1.165) is 0 Å². The second-order valence-corrected chi connectivity index (χ2v) is 18.8. The molecule has 0 amide bonds. The molecule has 8 heterocycles. The van der Waals surface area contributed by atoms with Crippen LogP contribution in [0.5, 0.6) is 0 Å². The standard InChI is InChI=1S/C45H83N7O28/c1-2-11-70-38-34(65)37-21(14-52)77-45(38)74-18(6-10-49)25(56)29(60)40(67)71-15(3-7-46)22(53)28(59)39(66)72-16(4-8-47)23(54)30(61)41(68)78-35-19(12-50)75-43(32(63)26(35)57)73-17(5-9-48)24(55)31(62)42(69)79-36-20(13-51)76-44(80-37)33(64)27(36)58/h2,15-21,24,26-27,31-45,53-69H,1,3-14,46-52H2/b28-22+,29-25+,30-23-. The first-order chi connectivity index (χ1) is 37.9. The van der Waals surface area contributed by atoms with Gasteiger partial charge in [0.1, 0.15) is 104 Å². The number of ether oxygens (including phenoxy) is 11. The molecule has 31 N–H and O–H groups in total. The second kappa shape index (κ2) is 32.6. The normalized spacial score (nSPS) is 45.0. The summed E-state index contributed by atoms with van der Waals surface area (Å²) >= 11 is 0. The van der Waals surface area contributed by atoms with E-state index in [1.54, 1.807) is 0 Å². The Labute approximate surface area is 457 Å². The first kappa shape index (κ1) is 69.1. The van der Waals surface area contributed by atoms with Crippen molar-refractivity contribution in [2.24, 2.45) is 40.1 Å². The molecule has 25 atom stereocenters. The van der Waals surface area contributed by atoms with E-state index in [1.807, 2.05) is 0 Å². The fourth-order valence-corrected chi connectivity index (χ4v) is 8.86. The van der Waals surface area contributed by atoms with Gasteiger partial charge < -0.3 is 179 Å². The molecule has 0 aromatic heterocycles. The molecule has 466 valence electrons. The van der Waals surface area contributed by atoms with Crippen molar-refractivity contribution in [2.45, 2.75) is 180 Å². The SMILES string of the molecule is C=CCOC1C2OC(CCN)/C(O)=C(\O)C(O)OC(CCN)/C(O)=C(\O)C(O)OC(CCN)/C(O)=C(/O)C(O)OC3C(CN)OC(OC(CCN)C(O)C(O)C(O)OC4C(CN)OC(OC(C(CN)O2)C1O)C(O)C4O)C(O)C3O. The summed E-state index contributed by atoms with van der Waals surface area (Å²) in [5.41, 5.74) is 40.7. The maximum absolute atomic E-state index is 11.8. The van der Waals surface area contributed by atoms with Crippen LogP contribution in [0.25, 0.3) is 0 Å². The van der Waals surface area contributed by atoms with Crippen molar-refractivity contribution in [2.75, 3.05) is 52.4 Å². The van der Waals surface area contributed by atoms with Crippen LogP contribution in [0.3, 0.4) is 0 Å². The summed E-state index contributed by atoms with van der Waals surface area (Å²) < 4.78 is 62.5. The highest BCUT2D eigenvalue weighted by Gasteiger charge is 2.54. The highest BCUT2D eigenvalue weighted by molar-refractivity contribution is 5.13. The van der Waals surface area contributed by atoms with Gasteiger partial charge in [0.05, 0.1) is 12.7 Å². The van der Waals surface area contributed by atoms with Crippen LogP contribution in [0.15, 0.2) is 47.2 Å². The van der Waals surface area contributed by atoms with Crippen LogP contribution in [-0.2, 0) is 52.1 Å². The van der Waals surface area contributed by atoms with E-state index in [4.69, 9.17) is 92.2 Å². The molecule has 0 aliphatic carbocycles. The molecule has 3 fully saturated rings. The summed E-state index contributed by atoms with van der Waals surface area (Å²) in [4.78, 5) is 0. The number of nitrogens with two attached hydrogens (primary N) is 7. The minimum absolute atomic E-state index is 0.292. The summed E-state index contributed by atoms with van der Waals surface area (Å²) in [6.45, 7) is 0.263. The van der Waals surface area contributed by atoms with Gasteiger partial charge in [-0.05, 0) is 51.9 Å². The fraction of sp³-hybridized carbons (Fsp3) is 0.822. The minimum Gasteiger partial charge on any atom is -0.506 e. The predicted octanol–water partition coefficient (Wildman–Crippen LogP) is -9.50. The molecule has 3 saturated heterocycles. The van der Waals surface area contributed by atoms with Gasteiger partial charge in [0, 0.05) is 19.6 Å². The van der Waals surface area contributed by atoms with E-state index in [1.165, 1.54) is 6.08 Å². The number of rotatable bonds is 14. The van der Waals surface area contributed by atoms with E-state index in [9.17, 15) is 86.8 Å². The lowest BCUT2D eigenvalue weighted by Gasteiger charge is -2.48. The molecule has 0 radical (unpaired) electrons. The Morgan fingerprint density at radius 3 is 1.14 bits per heavy atom. The minimum atomic E-state index is -2.67. The number of hydrogen-bond acceptors (Lipinski definition) is 35. The molecule has 0 aromatic rings. The van der Waals surface area contributed by atoms with Gasteiger partial charge in [0.2, 0.25) is 18.9 Å². The largest absolute Gasteiger partial charge is 0.506 e. The van der Waals surface area contributed by atoms with Gasteiger partial charge >= 0.3 is 0 Å². The van der Waals surface area contributed by atoms with Crippen LogP contribution < -0.4 is 40.1 Å². The van der Waals surface area contributed by atoms with Gasteiger partial charge in [-0.3, -0.25) is 0 Å². The topological polar surface area (TPSA) is 628 Å². The molecule has 35 nitrogen and oxygen atoms in total. The summed E-state index contributed by atoms with van der Waals surface area (Å²) in [6, 6.07) is 0. The highest BCUT2D eigenvalue weighted by Crippen LogP contribution is 2.35. The van der Waals surface area contributed by atoms with E-state index in [2.05, 4.69) is 6.58 Å². The van der Waals surface area contributed by atoms with Gasteiger partial charge in [0.25, 0.3) is 0 Å². The third kappa shape index (κ3) is 16.9. The number of aliphatic hydroxyl groups is 17. The quantitative estimate of drug-likeness (QED) is 0.0718. The van der Waals surface area contributed by atoms with Crippen molar-refractivity contribution in [1.82, 2.24) is 0 Å². The molecule has 0 spiro atoms. The van der Waals surface area contributed by atoms with Crippen LogP contribution in [0, 0.1) is 0 Å². The van der Waals surface area contributed by atoms with E-state index in [-0.39, 0.29) is 39.1 Å². The van der Waals surface area contributed by atoms with Crippen molar-refractivity contribution in [3.63, 3.8) is 0 Å². The molecule has 80 heavy (non-hydrogen) atoms. The Morgan fingerprint density at radius 1 is 0.362 bits per heavy atom. The zero-order valence-corrected chi connectivity index (χ0v) is 43.3. The van der Waals surface area contributed by atoms with Crippen molar-refractivity contribution in [3.8, 4) is 0 Å². The third-order valence-corrected chi connectivity index (χ3v) is 13.2. The van der Waals surface area contributed by atoms with Crippen molar-refractivity contribution in [3.05, 3.63) is 47.2 Å².